The Morgan fingerprint density at radius 2 is 2.21 bits per heavy atom. The zero-order chi connectivity index (χ0) is 20.2. The molecule has 2 saturated heterocycles. The van der Waals surface area contributed by atoms with Crippen LogP contribution in [-0.2, 0) is 4.79 Å². The fourth-order valence-corrected chi connectivity index (χ4v) is 5.00. The van der Waals surface area contributed by atoms with E-state index in [-0.39, 0.29) is 17.9 Å². The fourth-order valence-electron chi connectivity index (χ4n) is 5.00. The fraction of sp³-hybridized carbons (Fsp3) is 0.455. The van der Waals surface area contributed by atoms with Gasteiger partial charge in [0.1, 0.15) is 11.9 Å². The number of aryl methyl sites for hydroxylation is 1. The van der Waals surface area contributed by atoms with Gasteiger partial charge in [-0.3, -0.25) is 4.79 Å². The maximum Gasteiger partial charge on any atom is 0.228 e. The molecule has 2 aliphatic rings. The van der Waals surface area contributed by atoms with Gasteiger partial charge in [-0.25, -0.2) is 4.98 Å². The lowest BCUT2D eigenvalue weighted by atomic mass is 9.78. The summed E-state index contributed by atoms with van der Waals surface area (Å²) >= 11 is 0. The number of carbonyl (C=O) groups is 1. The van der Waals surface area contributed by atoms with Crippen molar-refractivity contribution in [2.45, 2.75) is 32.3 Å². The van der Waals surface area contributed by atoms with Crippen molar-refractivity contribution < 1.29 is 15.0 Å². The molecule has 2 fully saturated rings. The number of benzene rings is 1. The highest BCUT2D eigenvalue weighted by Gasteiger charge is 2.45. The van der Waals surface area contributed by atoms with Crippen molar-refractivity contribution in [3.8, 4) is 0 Å². The molecule has 152 valence electrons. The van der Waals surface area contributed by atoms with Gasteiger partial charge >= 0.3 is 0 Å². The number of H-pyrrole nitrogens is 1. The van der Waals surface area contributed by atoms with E-state index in [0.29, 0.717) is 12.1 Å². The molecule has 0 bridgehead atoms. The number of aliphatic hydroxyl groups excluding tert-OH is 2. The van der Waals surface area contributed by atoms with Crippen LogP contribution in [0.15, 0.2) is 24.4 Å². The highest BCUT2D eigenvalue weighted by atomic mass is 16.3. The number of hydrogen-bond donors (Lipinski definition) is 4. The molecule has 4 heterocycles. The minimum Gasteiger partial charge on any atom is -0.393 e. The van der Waals surface area contributed by atoms with Crippen molar-refractivity contribution in [2.24, 2.45) is 5.41 Å². The van der Waals surface area contributed by atoms with Gasteiger partial charge in [0.05, 0.1) is 22.9 Å². The summed E-state index contributed by atoms with van der Waals surface area (Å²) < 4.78 is 0. The maximum atomic E-state index is 12.5. The molecule has 7 nitrogen and oxygen atoms in total. The van der Waals surface area contributed by atoms with Crippen LogP contribution in [0.3, 0.4) is 0 Å². The van der Waals surface area contributed by atoms with Gasteiger partial charge in [0.25, 0.3) is 0 Å². The number of fused-ring (bicyclic) bond motifs is 3. The summed E-state index contributed by atoms with van der Waals surface area (Å²) in [5.74, 6) is 1.05. The first-order chi connectivity index (χ1) is 14.0. The molecule has 29 heavy (non-hydrogen) atoms. The van der Waals surface area contributed by atoms with Gasteiger partial charge in [-0.2, -0.15) is 0 Å². The normalized spacial score (nSPS) is 23.3. The van der Waals surface area contributed by atoms with Crippen LogP contribution in [0.25, 0.3) is 21.8 Å². The van der Waals surface area contributed by atoms with Crippen molar-refractivity contribution >= 4 is 33.5 Å². The van der Waals surface area contributed by atoms with Gasteiger partial charge in [0, 0.05) is 36.7 Å². The summed E-state index contributed by atoms with van der Waals surface area (Å²) in [7, 11) is 0. The Kier molecular flexibility index (Phi) is 4.26. The first-order valence-electron chi connectivity index (χ1n) is 10.3. The number of piperidine rings is 1. The number of carbonyl (C=O) groups excluding carboxylic acids is 1. The summed E-state index contributed by atoms with van der Waals surface area (Å²) in [6.45, 7) is 4.00. The molecule has 0 radical (unpaired) electrons. The monoisotopic (exact) mass is 394 g/mol. The minimum atomic E-state index is -0.911. The van der Waals surface area contributed by atoms with E-state index in [0.717, 1.165) is 65.5 Å². The quantitative estimate of drug-likeness (QED) is 0.545. The number of aromatic nitrogens is 2. The molecule has 1 amide bonds. The zero-order valence-electron chi connectivity index (χ0n) is 16.5. The molecule has 2 aliphatic heterocycles. The van der Waals surface area contributed by atoms with Crippen molar-refractivity contribution in [1.82, 2.24) is 15.3 Å². The lowest BCUT2D eigenvalue weighted by molar-refractivity contribution is -0.128. The lowest BCUT2D eigenvalue weighted by Gasteiger charge is -2.39. The van der Waals surface area contributed by atoms with E-state index >= 15 is 0 Å². The Balaban J connectivity index is 1.67. The van der Waals surface area contributed by atoms with Crippen LogP contribution in [0.1, 0.15) is 36.5 Å². The van der Waals surface area contributed by atoms with E-state index in [1.807, 2.05) is 31.3 Å². The van der Waals surface area contributed by atoms with E-state index in [9.17, 15) is 15.0 Å². The van der Waals surface area contributed by atoms with Crippen molar-refractivity contribution in [1.29, 1.82) is 0 Å². The van der Waals surface area contributed by atoms with E-state index in [4.69, 9.17) is 4.98 Å². The molecule has 0 aliphatic carbocycles. The molecule has 2 atom stereocenters. The molecule has 4 N–H and O–H groups in total. The van der Waals surface area contributed by atoms with E-state index in [2.05, 4.69) is 15.2 Å². The molecule has 1 spiro atoms. The van der Waals surface area contributed by atoms with E-state index < -0.39 is 6.10 Å². The molecule has 2 aromatic heterocycles. The predicted molar refractivity (Wildman–Crippen MR) is 112 cm³/mol. The number of rotatable bonds is 3. The molecule has 0 saturated carbocycles. The highest BCUT2D eigenvalue weighted by Crippen LogP contribution is 2.41. The van der Waals surface area contributed by atoms with Crippen LogP contribution in [0.5, 0.6) is 0 Å². The molecule has 5 rings (SSSR count). The Bertz CT molecular complexity index is 1110. The molecule has 2 unspecified atom stereocenters. The van der Waals surface area contributed by atoms with Gasteiger partial charge in [-0.1, -0.05) is 6.07 Å². The second kappa shape index (κ2) is 6.71. The molecule has 7 heteroatoms. The topological polar surface area (TPSA) is 101 Å². The summed E-state index contributed by atoms with van der Waals surface area (Å²) in [5.41, 5.74) is 3.41. The Labute approximate surface area is 168 Å². The summed E-state index contributed by atoms with van der Waals surface area (Å²) in [6.07, 6.45) is 3.72. The highest BCUT2D eigenvalue weighted by molar-refractivity contribution is 6.13. The third-order valence-corrected chi connectivity index (χ3v) is 6.63. The Hall–Kier alpha value is -2.64. The van der Waals surface area contributed by atoms with Crippen molar-refractivity contribution in [3.05, 3.63) is 35.5 Å². The Morgan fingerprint density at radius 3 is 2.97 bits per heavy atom. The first-order valence-corrected chi connectivity index (χ1v) is 10.3. The van der Waals surface area contributed by atoms with Crippen LogP contribution < -0.4 is 10.2 Å². The second-order valence-corrected chi connectivity index (χ2v) is 8.45. The van der Waals surface area contributed by atoms with Crippen LogP contribution >= 0.6 is 0 Å². The van der Waals surface area contributed by atoms with Gasteiger partial charge in [-0.15, -0.1) is 0 Å². The first kappa shape index (κ1) is 18.4. The van der Waals surface area contributed by atoms with Gasteiger partial charge in [0.2, 0.25) is 5.91 Å². The molecular weight excluding hydrogens is 368 g/mol. The average Bonchev–Trinajstić information content (AvgIpc) is 3.29. The number of pyridine rings is 1. The van der Waals surface area contributed by atoms with Crippen LogP contribution in [0.2, 0.25) is 0 Å². The molecule has 1 aromatic carbocycles. The number of aromatic amines is 1. The summed E-state index contributed by atoms with van der Waals surface area (Å²) in [5, 5.41) is 24.5. The third-order valence-electron chi connectivity index (χ3n) is 6.63. The Morgan fingerprint density at radius 1 is 1.34 bits per heavy atom. The second-order valence-electron chi connectivity index (χ2n) is 8.45. The largest absolute Gasteiger partial charge is 0.393 e. The minimum absolute atomic E-state index is 0.165. The van der Waals surface area contributed by atoms with E-state index in [1.54, 1.807) is 0 Å². The number of nitrogens with one attached hydrogen (secondary N) is 2. The van der Waals surface area contributed by atoms with Crippen molar-refractivity contribution in [3.63, 3.8) is 0 Å². The van der Waals surface area contributed by atoms with Gasteiger partial charge < -0.3 is 25.4 Å². The smallest absolute Gasteiger partial charge is 0.228 e. The predicted octanol–water partition coefficient (Wildman–Crippen LogP) is 2.16. The van der Waals surface area contributed by atoms with E-state index in [1.165, 1.54) is 0 Å². The number of nitrogens with zero attached hydrogens (tertiary/aromatic N) is 2. The maximum absolute atomic E-state index is 12.5. The number of aliphatic hydroxyl groups is 2. The summed E-state index contributed by atoms with van der Waals surface area (Å²) in [4.78, 5) is 23.1. The van der Waals surface area contributed by atoms with Gasteiger partial charge in [-0.05, 0) is 49.4 Å². The van der Waals surface area contributed by atoms with Crippen LogP contribution in [0, 0.1) is 12.3 Å². The standard InChI is InChI=1S/C22H26N4O3/c1-13-10-24-20(26-8-2-5-22(12-26)6-7-23-21(22)29)18-15-9-14(17(28)11-27)3-4-16(15)25-19(13)18/h3-4,9-10,17,25,27-28H,2,5-8,11-12H2,1H3,(H,23,29). The third kappa shape index (κ3) is 2.80. The van der Waals surface area contributed by atoms with Crippen LogP contribution in [-0.4, -0.2) is 52.3 Å². The van der Waals surface area contributed by atoms with Gasteiger partial charge in [0.15, 0.2) is 0 Å². The molecular formula is C22H26N4O3. The summed E-state index contributed by atoms with van der Waals surface area (Å²) in [6, 6.07) is 5.70. The van der Waals surface area contributed by atoms with Crippen LogP contribution in [0.4, 0.5) is 5.82 Å². The number of anilines is 1. The van der Waals surface area contributed by atoms with Crippen molar-refractivity contribution in [2.75, 3.05) is 31.1 Å². The SMILES string of the molecule is Cc1cnc(N2CCCC3(CCNC3=O)C2)c2c1[nH]c1ccc(C(O)CO)cc12. The number of amides is 1. The molecule has 3 aromatic rings. The lowest BCUT2D eigenvalue weighted by Crippen LogP contribution is -2.47. The zero-order valence-corrected chi connectivity index (χ0v) is 16.5. The number of hydrogen-bond acceptors (Lipinski definition) is 5. The average molecular weight is 394 g/mol.